The smallest absolute Gasteiger partial charge is 0.272 e. The van der Waals surface area contributed by atoms with Crippen LogP contribution < -0.4 is 0 Å². The van der Waals surface area contributed by atoms with E-state index in [0.29, 0.717) is 11.6 Å². The molecule has 102 valence electrons. The van der Waals surface area contributed by atoms with Crippen molar-refractivity contribution in [1.82, 2.24) is 0 Å². The maximum atomic E-state index is 13.6. The number of non-ortho nitro benzene ring substituents is 1. The Morgan fingerprint density at radius 1 is 1.10 bits per heavy atom. The van der Waals surface area contributed by atoms with Crippen LogP contribution in [0.25, 0.3) is 0 Å². The van der Waals surface area contributed by atoms with Gasteiger partial charge < -0.3 is 0 Å². The Kier molecular flexibility index (Phi) is 3.84. The minimum atomic E-state index is -0.939. The van der Waals surface area contributed by atoms with E-state index in [0.717, 1.165) is 12.1 Å². The summed E-state index contributed by atoms with van der Waals surface area (Å²) in [6.45, 7) is 0. The molecule has 0 bridgehead atoms. The van der Waals surface area contributed by atoms with Crippen LogP contribution in [0.4, 0.5) is 14.5 Å². The molecule has 0 fully saturated rings. The molecule has 0 atom stereocenters. The minimum absolute atomic E-state index is 0.102. The zero-order chi connectivity index (χ0) is 14.7. The van der Waals surface area contributed by atoms with Crippen molar-refractivity contribution in [2.24, 2.45) is 0 Å². The third kappa shape index (κ3) is 3.03. The van der Waals surface area contributed by atoms with Crippen LogP contribution in [0, 0.1) is 21.7 Å². The molecular weight excluding hydrogens is 268 g/mol. The van der Waals surface area contributed by atoms with Gasteiger partial charge in [-0.3, -0.25) is 14.9 Å². The summed E-state index contributed by atoms with van der Waals surface area (Å²) in [6.07, 6.45) is -0.102. The number of benzene rings is 2. The predicted octanol–water partition coefficient (Wildman–Crippen LogP) is 3.30. The predicted molar refractivity (Wildman–Crippen MR) is 67.5 cm³/mol. The summed E-state index contributed by atoms with van der Waals surface area (Å²) in [5.41, 5.74) is -0.102. The molecule has 2 aromatic rings. The molecule has 4 nitrogen and oxygen atoms in total. The Bertz CT molecular complexity index is 669. The Morgan fingerprint density at radius 2 is 1.75 bits per heavy atom. The number of nitro groups is 1. The lowest BCUT2D eigenvalue weighted by atomic mass is 10.0. The summed E-state index contributed by atoms with van der Waals surface area (Å²) in [7, 11) is 0. The standard InChI is InChI=1S/C14H9F2NO3/c15-10-3-1-9(2-4-10)7-14(18)12-6-5-11(17(19)20)8-13(12)16/h1-6,8H,7H2. The highest BCUT2D eigenvalue weighted by atomic mass is 19.1. The van der Waals surface area contributed by atoms with Crippen LogP contribution in [0.1, 0.15) is 15.9 Å². The molecule has 0 amide bonds. The lowest BCUT2D eigenvalue weighted by molar-refractivity contribution is -0.385. The number of hydrogen-bond acceptors (Lipinski definition) is 3. The normalized spacial score (nSPS) is 10.3. The molecule has 0 N–H and O–H groups in total. The highest BCUT2D eigenvalue weighted by Crippen LogP contribution is 2.18. The monoisotopic (exact) mass is 277 g/mol. The van der Waals surface area contributed by atoms with E-state index in [1.807, 2.05) is 0 Å². The molecule has 6 heteroatoms. The van der Waals surface area contributed by atoms with E-state index in [2.05, 4.69) is 0 Å². The number of hydrogen-bond donors (Lipinski definition) is 0. The first-order chi connectivity index (χ1) is 9.47. The Morgan fingerprint density at radius 3 is 2.30 bits per heavy atom. The van der Waals surface area contributed by atoms with Crippen molar-refractivity contribution in [3.8, 4) is 0 Å². The molecule has 0 saturated carbocycles. The van der Waals surface area contributed by atoms with E-state index in [9.17, 15) is 23.7 Å². The summed E-state index contributed by atoms with van der Waals surface area (Å²) >= 11 is 0. The topological polar surface area (TPSA) is 60.2 Å². The molecular formula is C14H9F2NO3. The number of rotatable bonds is 4. The second-order valence-corrected chi connectivity index (χ2v) is 4.15. The number of carbonyl (C=O) groups excluding carboxylic acids is 1. The van der Waals surface area contributed by atoms with Gasteiger partial charge in [-0.1, -0.05) is 12.1 Å². The van der Waals surface area contributed by atoms with Crippen LogP contribution in [-0.4, -0.2) is 10.7 Å². The molecule has 0 saturated heterocycles. The van der Waals surface area contributed by atoms with Crippen molar-refractivity contribution in [1.29, 1.82) is 0 Å². The number of carbonyl (C=O) groups is 1. The average Bonchev–Trinajstić information content (AvgIpc) is 2.41. The second kappa shape index (κ2) is 5.56. The third-order valence-corrected chi connectivity index (χ3v) is 2.74. The van der Waals surface area contributed by atoms with Gasteiger partial charge in [-0.05, 0) is 23.8 Å². The number of ketones is 1. The van der Waals surface area contributed by atoms with Crippen LogP contribution in [0.2, 0.25) is 0 Å². The summed E-state index contributed by atoms with van der Waals surface area (Å²) in [5, 5.41) is 10.5. The van der Waals surface area contributed by atoms with Gasteiger partial charge in [0.25, 0.3) is 5.69 Å². The fourth-order valence-corrected chi connectivity index (χ4v) is 1.73. The SMILES string of the molecule is O=C(Cc1ccc(F)cc1)c1ccc([N+](=O)[O-])cc1F. The van der Waals surface area contributed by atoms with E-state index in [4.69, 9.17) is 0 Å². The van der Waals surface area contributed by atoms with Crippen LogP contribution in [0.5, 0.6) is 0 Å². The van der Waals surface area contributed by atoms with Crippen LogP contribution in [0.15, 0.2) is 42.5 Å². The van der Waals surface area contributed by atoms with Gasteiger partial charge in [0.05, 0.1) is 16.6 Å². The molecule has 0 aliphatic heterocycles. The van der Waals surface area contributed by atoms with Crippen molar-refractivity contribution in [3.05, 3.63) is 75.3 Å². The quantitative estimate of drug-likeness (QED) is 0.489. The molecule has 2 rings (SSSR count). The van der Waals surface area contributed by atoms with Gasteiger partial charge in [0.2, 0.25) is 0 Å². The fraction of sp³-hybridized carbons (Fsp3) is 0.0714. The maximum Gasteiger partial charge on any atom is 0.272 e. The van der Waals surface area contributed by atoms with Crippen molar-refractivity contribution >= 4 is 11.5 Å². The Labute approximate surface area is 112 Å². The van der Waals surface area contributed by atoms with Gasteiger partial charge in [-0.25, -0.2) is 8.78 Å². The second-order valence-electron chi connectivity index (χ2n) is 4.15. The number of Topliss-reactive ketones (excluding diaryl/α,β-unsaturated/α-hetero) is 1. The molecule has 0 aromatic heterocycles. The first-order valence-corrected chi connectivity index (χ1v) is 5.69. The highest BCUT2D eigenvalue weighted by molar-refractivity contribution is 5.97. The van der Waals surface area contributed by atoms with E-state index >= 15 is 0 Å². The summed E-state index contributed by atoms with van der Waals surface area (Å²) < 4.78 is 26.4. The Hall–Kier alpha value is -2.63. The first kappa shape index (κ1) is 13.8. The van der Waals surface area contributed by atoms with Crippen molar-refractivity contribution in [3.63, 3.8) is 0 Å². The van der Waals surface area contributed by atoms with E-state index in [1.54, 1.807) is 0 Å². The highest BCUT2D eigenvalue weighted by Gasteiger charge is 2.16. The summed E-state index contributed by atoms with van der Waals surface area (Å²) in [4.78, 5) is 21.6. The lowest BCUT2D eigenvalue weighted by Crippen LogP contribution is -2.06. The molecule has 0 unspecified atom stereocenters. The van der Waals surface area contributed by atoms with Gasteiger partial charge >= 0.3 is 0 Å². The van der Waals surface area contributed by atoms with Crippen LogP contribution >= 0.6 is 0 Å². The van der Waals surface area contributed by atoms with Gasteiger partial charge in [0.1, 0.15) is 11.6 Å². The lowest BCUT2D eigenvalue weighted by Gasteiger charge is -2.03. The summed E-state index contributed by atoms with van der Waals surface area (Å²) in [6, 6.07) is 8.12. The molecule has 0 heterocycles. The number of nitro benzene ring substituents is 1. The van der Waals surface area contributed by atoms with Gasteiger partial charge in [-0.15, -0.1) is 0 Å². The zero-order valence-electron chi connectivity index (χ0n) is 10.2. The minimum Gasteiger partial charge on any atom is -0.294 e. The number of nitrogens with zero attached hydrogens (tertiary/aromatic N) is 1. The maximum absolute atomic E-state index is 13.6. The average molecular weight is 277 g/mol. The Balaban J connectivity index is 2.21. The van der Waals surface area contributed by atoms with Gasteiger partial charge in [-0.2, -0.15) is 0 Å². The van der Waals surface area contributed by atoms with Gasteiger partial charge in [0.15, 0.2) is 5.78 Å². The van der Waals surface area contributed by atoms with E-state index in [1.165, 1.54) is 24.3 Å². The molecule has 0 aliphatic rings. The summed E-state index contributed by atoms with van der Waals surface area (Å²) in [5.74, 6) is -1.89. The molecule has 0 aliphatic carbocycles. The van der Waals surface area contributed by atoms with Crippen LogP contribution in [-0.2, 0) is 6.42 Å². The van der Waals surface area contributed by atoms with Crippen molar-refractivity contribution < 1.29 is 18.5 Å². The first-order valence-electron chi connectivity index (χ1n) is 5.69. The third-order valence-electron chi connectivity index (χ3n) is 2.74. The van der Waals surface area contributed by atoms with Gasteiger partial charge in [0, 0.05) is 12.5 Å². The fourth-order valence-electron chi connectivity index (χ4n) is 1.73. The van der Waals surface area contributed by atoms with Crippen molar-refractivity contribution in [2.75, 3.05) is 0 Å². The zero-order valence-corrected chi connectivity index (χ0v) is 10.2. The van der Waals surface area contributed by atoms with Crippen LogP contribution in [0.3, 0.4) is 0 Å². The van der Waals surface area contributed by atoms with Crippen molar-refractivity contribution in [2.45, 2.75) is 6.42 Å². The molecule has 0 spiro atoms. The molecule has 0 radical (unpaired) electrons. The van der Waals surface area contributed by atoms with E-state index < -0.39 is 28.0 Å². The van der Waals surface area contributed by atoms with E-state index in [-0.39, 0.29) is 12.0 Å². The largest absolute Gasteiger partial charge is 0.294 e. The number of halogens is 2. The molecule has 2 aromatic carbocycles. The molecule has 20 heavy (non-hydrogen) atoms.